The number of carboxylic acid groups (broad SMARTS) is 1. The molecule has 7 heteroatoms. The molecule has 1 saturated carbocycles. The molecule has 2 amide bonds. The van der Waals surface area contributed by atoms with Gasteiger partial charge in [-0.15, -0.1) is 0 Å². The number of carboxylic acids is 1. The highest BCUT2D eigenvalue weighted by atomic mass is 16.5. The number of alkyl carbamates (subject to hydrolysis) is 1. The molecule has 2 aromatic rings. The van der Waals surface area contributed by atoms with Crippen molar-refractivity contribution in [2.75, 3.05) is 13.2 Å². The third-order valence-corrected chi connectivity index (χ3v) is 6.84. The van der Waals surface area contributed by atoms with Gasteiger partial charge < -0.3 is 20.5 Å². The van der Waals surface area contributed by atoms with Gasteiger partial charge in [0, 0.05) is 18.9 Å². The van der Waals surface area contributed by atoms with E-state index in [1.54, 1.807) is 13.8 Å². The zero-order valence-corrected chi connectivity index (χ0v) is 19.6. The van der Waals surface area contributed by atoms with Crippen LogP contribution in [0, 0.1) is 17.8 Å². The minimum atomic E-state index is -1.04. The first-order valence-electron chi connectivity index (χ1n) is 12.0. The highest BCUT2D eigenvalue weighted by molar-refractivity contribution is 5.84. The van der Waals surface area contributed by atoms with Crippen LogP contribution in [0.25, 0.3) is 11.1 Å². The van der Waals surface area contributed by atoms with Crippen molar-refractivity contribution in [3.05, 3.63) is 59.7 Å². The minimum Gasteiger partial charge on any atom is -0.480 e. The van der Waals surface area contributed by atoms with Crippen LogP contribution in [-0.4, -0.2) is 42.3 Å². The number of nitrogens with one attached hydrogen (secondary N) is 2. The van der Waals surface area contributed by atoms with Gasteiger partial charge >= 0.3 is 12.1 Å². The van der Waals surface area contributed by atoms with E-state index in [4.69, 9.17) is 4.74 Å². The predicted octanol–water partition coefficient (Wildman–Crippen LogP) is 4.17. The van der Waals surface area contributed by atoms with E-state index in [2.05, 4.69) is 34.9 Å². The summed E-state index contributed by atoms with van der Waals surface area (Å²) in [4.78, 5) is 36.3. The molecule has 0 radical (unpaired) electrons. The fraction of sp³-hybridized carbons (Fsp3) is 0.444. The Morgan fingerprint density at radius 3 is 2.12 bits per heavy atom. The standard InChI is InChI=1S/C27H32N2O5/c1-16(2)25(26(31)32)29-24(30)13-18(17-11-12-17)14-28-27(33)34-15-23-21-9-5-3-7-19(21)20-8-4-6-10-22(20)23/h3-10,16-18,23,25H,11-15H2,1-2H3,(H,28,33)(H,29,30)(H,31,32)/t18?,25-/m0/s1. The van der Waals surface area contributed by atoms with Gasteiger partial charge in [0.05, 0.1) is 0 Å². The molecule has 2 aliphatic rings. The molecule has 0 spiro atoms. The molecule has 0 aliphatic heterocycles. The van der Waals surface area contributed by atoms with Crippen molar-refractivity contribution >= 4 is 18.0 Å². The molecule has 4 rings (SSSR count). The molecule has 1 fully saturated rings. The predicted molar refractivity (Wildman–Crippen MR) is 128 cm³/mol. The van der Waals surface area contributed by atoms with E-state index < -0.39 is 18.1 Å². The Labute approximate surface area is 199 Å². The highest BCUT2D eigenvalue weighted by Crippen LogP contribution is 2.44. The summed E-state index contributed by atoms with van der Waals surface area (Å²) in [6.07, 6.45) is 1.71. The molecular weight excluding hydrogens is 432 g/mol. The van der Waals surface area contributed by atoms with Gasteiger partial charge in [-0.05, 0) is 52.8 Å². The molecule has 180 valence electrons. The van der Waals surface area contributed by atoms with Crippen LogP contribution < -0.4 is 10.6 Å². The summed E-state index contributed by atoms with van der Waals surface area (Å²) < 4.78 is 5.59. The van der Waals surface area contributed by atoms with Gasteiger partial charge in [-0.3, -0.25) is 4.79 Å². The fourth-order valence-electron chi connectivity index (χ4n) is 4.82. The van der Waals surface area contributed by atoms with E-state index in [1.165, 1.54) is 11.1 Å². The number of ether oxygens (including phenoxy) is 1. The molecule has 0 aromatic heterocycles. The second kappa shape index (κ2) is 10.3. The molecular formula is C27H32N2O5. The number of hydrogen-bond donors (Lipinski definition) is 3. The van der Waals surface area contributed by atoms with E-state index in [0.717, 1.165) is 24.0 Å². The third-order valence-electron chi connectivity index (χ3n) is 6.84. The van der Waals surface area contributed by atoms with E-state index in [0.29, 0.717) is 12.5 Å². The Kier molecular flexibility index (Phi) is 7.20. The van der Waals surface area contributed by atoms with Crippen molar-refractivity contribution < 1.29 is 24.2 Å². The highest BCUT2D eigenvalue weighted by Gasteiger charge is 2.34. The molecule has 3 N–H and O–H groups in total. The molecule has 0 bridgehead atoms. The molecule has 2 aromatic carbocycles. The molecule has 0 saturated heterocycles. The van der Waals surface area contributed by atoms with Gasteiger partial charge in [0.1, 0.15) is 12.6 Å². The van der Waals surface area contributed by atoms with Gasteiger partial charge in [-0.25, -0.2) is 9.59 Å². The zero-order valence-electron chi connectivity index (χ0n) is 19.6. The average Bonchev–Trinajstić information content (AvgIpc) is 3.61. The number of carbonyl (C=O) groups is 3. The van der Waals surface area contributed by atoms with Crippen LogP contribution in [0.1, 0.15) is 50.2 Å². The Bertz CT molecular complexity index is 1020. The van der Waals surface area contributed by atoms with Gasteiger partial charge in [0.2, 0.25) is 5.91 Å². The van der Waals surface area contributed by atoms with E-state index in [9.17, 15) is 19.5 Å². The zero-order chi connectivity index (χ0) is 24.2. The number of amides is 2. The van der Waals surface area contributed by atoms with E-state index in [1.807, 2.05) is 24.3 Å². The van der Waals surface area contributed by atoms with Crippen molar-refractivity contribution in [3.63, 3.8) is 0 Å². The van der Waals surface area contributed by atoms with Crippen LogP contribution in [0.3, 0.4) is 0 Å². The molecule has 2 atom stereocenters. The number of benzene rings is 2. The summed E-state index contributed by atoms with van der Waals surface area (Å²) in [7, 11) is 0. The quantitative estimate of drug-likeness (QED) is 0.490. The maximum atomic E-state index is 12.5. The van der Waals surface area contributed by atoms with Gasteiger partial charge in [0.25, 0.3) is 0 Å². The number of aliphatic carboxylic acids is 1. The first kappa shape index (κ1) is 23.8. The Morgan fingerprint density at radius 1 is 1.00 bits per heavy atom. The van der Waals surface area contributed by atoms with Gasteiger partial charge in [-0.2, -0.15) is 0 Å². The molecule has 1 unspecified atom stereocenters. The average molecular weight is 465 g/mol. The summed E-state index contributed by atoms with van der Waals surface area (Å²) in [5.74, 6) is -1.23. The Hall–Kier alpha value is -3.35. The first-order chi connectivity index (χ1) is 16.3. The normalized spacial score (nSPS) is 16.3. The van der Waals surface area contributed by atoms with Crippen molar-refractivity contribution in [2.24, 2.45) is 17.8 Å². The van der Waals surface area contributed by atoms with E-state index in [-0.39, 0.29) is 36.7 Å². The number of fused-ring (bicyclic) bond motifs is 3. The third kappa shape index (κ3) is 5.41. The second-order valence-electron chi connectivity index (χ2n) is 9.64. The summed E-state index contributed by atoms with van der Waals surface area (Å²) in [6.45, 7) is 4.09. The molecule has 7 nitrogen and oxygen atoms in total. The van der Waals surface area contributed by atoms with Gasteiger partial charge in [0.15, 0.2) is 0 Å². The molecule has 0 heterocycles. The van der Waals surface area contributed by atoms with Gasteiger partial charge in [-0.1, -0.05) is 62.4 Å². The van der Waals surface area contributed by atoms with Crippen LogP contribution >= 0.6 is 0 Å². The maximum Gasteiger partial charge on any atom is 0.407 e. The smallest absolute Gasteiger partial charge is 0.407 e. The maximum absolute atomic E-state index is 12.5. The van der Waals surface area contributed by atoms with Crippen molar-refractivity contribution in [3.8, 4) is 11.1 Å². The summed E-state index contributed by atoms with van der Waals surface area (Å²) in [5, 5.41) is 14.7. The lowest BCUT2D eigenvalue weighted by Crippen LogP contribution is -2.45. The lowest BCUT2D eigenvalue weighted by Gasteiger charge is -2.21. The van der Waals surface area contributed by atoms with Crippen LogP contribution in [0.2, 0.25) is 0 Å². The topological polar surface area (TPSA) is 105 Å². The Morgan fingerprint density at radius 2 is 1.59 bits per heavy atom. The number of hydrogen-bond acceptors (Lipinski definition) is 4. The van der Waals surface area contributed by atoms with Crippen LogP contribution in [0.15, 0.2) is 48.5 Å². The SMILES string of the molecule is CC(C)[C@H](NC(=O)CC(CNC(=O)OCC1c2ccccc2-c2ccccc21)C1CC1)C(=O)O. The Balaban J connectivity index is 1.30. The number of carbonyl (C=O) groups excluding carboxylic acids is 2. The van der Waals surface area contributed by atoms with Crippen LogP contribution in [0.5, 0.6) is 0 Å². The largest absolute Gasteiger partial charge is 0.480 e. The molecule has 2 aliphatic carbocycles. The number of rotatable bonds is 10. The second-order valence-corrected chi connectivity index (χ2v) is 9.64. The lowest BCUT2D eigenvalue weighted by atomic mass is 9.98. The minimum absolute atomic E-state index is 0.00728. The summed E-state index contributed by atoms with van der Waals surface area (Å²) in [5.41, 5.74) is 4.66. The first-order valence-corrected chi connectivity index (χ1v) is 12.0. The monoisotopic (exact) mass is 464 g/mol. The summed E-state index contributed by atoms with van der Waals surface area (Å²) >= 11 is 0. The lowest BCUT2D eigenvalue weighted by molar-refractivity contribution is -0.143. The van der Waals surface area contributed by atoms with Crippen molar-refractivity contribution in [2.45, 2.75) is 45.1 Å². The van der Waals surface area contributed by atoms with Crippen molar-refractivity contribution in [1.82, 2.24) is 10.6 Å². The van der Waals surface area contributed by atoms with Crippen molar-refractivity contribution in [1.29, 1.82) is 0 Å². The summed E-state index contributed by atoms with van der Waals surface area (Å²) in [6, 6.07) is 15.4. The fourth-order valence-corrected chi connectivity index (χ4v) is 4.82. The van der Waals surface area contributed by atoms with Crippen LogP contribution in [0.4, 0.5) is 4.79 Å². The van der Waals surface area contributed by atoms with E-state index >= 15 is 0 Å². The molecule has 34 heavy (non-hydrogen) atoms. The van der Waals surface area contributed by atoms with Crippen LogP contribution in [-0.2, 0) is 14.3 Å².